The van der Waals surface area contributed by atoms with Gasteiger partial charge in [0.05, 0.1) is 0 Å². The van der Waals surface area contributed by atoms with E-state index in [0.717, 1.165) is 0 Å². The van der Waals surface area contributed by atoms with Gasteiger partial charge >= 0.3 is 6.18 Å². The van der Waals surface area contributed by atoms with Crippen molar-refractivity contribution in [2.75, 3.05) is 14.2 Å². The Balaban J connectivity index is 2.07. The predicted octanol–water partition coefficient (Wildman–Crippen LogP) is 1.62. The molecule has 1 aromatic rings. The van der Waals surface area contributed by atoms with Gasteiger partial charge in [0.2, 0.25) is 0 Å². The highest BCUT2D eigenvalue weighted by Gasteiger charge is 2.47. The van der Waals surface area contributed by atoms with Crippen LogP contribution in [0.5, 0.6) is 0 Å². The van der Waals surface area contributed by atoms with E-state index in [2.05, 4.69) is 15.5 Å². The summed E-state index contributed by atoms with van der Waals surface area (Å²) in [5.74, 6) is -1.63. The van der Waals surface area contributed by atoms with Crippen molar-refractivity contribution in [3.63, 3.8) is 0 Å². The van der Waals surface area contributed by atoms with E-state index in [1.54, 1.807) is 0 Å². The molecule has 1 fully saturated rings. The molecule has 1 aliphatic carbocycles. The molecular formula is C12H16F3N3O3. The van der Waals surface area contributed by atoms with Gasteiger partial charge in [0.15, 0.2) is 11.5 Å². The van der Waals surface area contributed by atoms with Gasteiger partial charge in [-0.3, -0.25) is 9.89 Å². The Hall–Kier alpha value is -1.61. The van der Waals surface area contributed by atoms with Gasteiger partial charge in [0, 0.05) is 38.8 Å². The Bertz CT molecular complexity index is 530. The smallest absolute Gasteiger partial charge is 0.353 e. The molecule has 9 heteroatoms. The van der Waals surface area contributed by atoms with Gasteiger partial charge in [-0.25, -0.2) is 0 Å². The van der Waals surface area contributed by atoms with E-state index in [1.807, 2.05) is 0 Å². The second-order valence-corrected chi connectivity index (χ2v) is 4.97. The van der Waals surface area contributed by atoms with Crippen LogP contribution in [-0.4, -0.2) is 42.2 Å². The Kier molecular flexibility index (Phi) is 3.98. The van der Waals surface area contributed by atoms with Gasteiger partial charge in [-0.2, -0.15) is 18.3 Å². The van der Waals surface area contributed by atoms with Crippen molar-refractivity contribution >= 4 is 5.91 Å². The number of rotatable bonds is 4. The fraction of sp³-hybridized carbons (Fsp3) is 0.667. The van der Waals surface area contributed by atoms with Crippen molar-refractivity contribution in [2.24, 2.45) is 0 Å². The molecule has 21 heavy (non-hydrogen) atoms. The number of H-pyrrole nitrogens is 1. The summed E-state index contributed by atoms with van der Waals surface area (Å²) in [6.07, 6.45) is -3.89. The van der Waals surface area contributed by atoms with Gasteiger partial charge in [0.1, 0.15) is 5.56 Å². The zero-order valence-electron chi connectivity index (χ0n) is 11.8. The maximum Gasteiger partial charge on any atom is 0.420 e. The number of aryl methyl sites for hydroxylation is 1. The molecule has 1 heterocycles. The second kappa shape index (κ2) is 5.30. The Morgan fingerprint density at radius 3 is 2.43 bits per heavy atom. The van der Waals surface area contributed by atoms with Crippen LogP contribution in [0.15, 0.2) is 0 Å². The molecule has 118 valence electrons. The molecule has 6 nitrogen and oxygen atoms in total. The molecule has 0 saturated heterocycles. The molecule has 2 rings (SSSR count). The van der Waals surface area contributed by atoms with Crippen LogP contribution in [0, 0.1) is 6.92 Å². The fourth-order valence-electron chi connectivity index (χ4n) is 2.40. The number of aromatic amines is 1. The van der Waals surface area contributed by atoms with Crippen molar-refractivity contribution in [3.05, 3.63) is 17.0 Å². The third kappa shape index (κ3) is 2.88. The third-order valence-corrected chi connectivity index (χ3v) is 3.64. The molecule has 1 amide bonds. The molecule has 0 unspecified atom stereocenters. The Labute approximate surface area is 119 Å². The van der Waals surface area contributed by atoms with E-state index < -0.39 is 29.1 Å². The number of hydrogen-bond donors (Lipinski definition) is 2. The molecule has 1 aromatic heterocycles. The lowest BCUT2D eigenvalue weighted by Gasteiger charge is -2.45. The minimum atomic E-state index is -4.63. The lowest BCUT2D eigenvalue weighted by atomic mass is 9.85. The number of alkyl halides is 3. The maximum absolute atomic E-state index is 12.9. The van der Waals surface area contributed by atoms with E-state index in [9.17, 15) is 18.0 Å². The van der Waals surface area contributed by atoms with Crippen LogP contribution < -0.4 is 5.32 Å². The summed E-state index contributed by atoms with van der Waals surface area (Å²) < 4.78 is 49.0. The third-order valence-electron chi connectivity index (χ3n) is 3.64. The van der Waals surface area contributed by atoms with E-state index >= 15 is 0 Å². The molecule has 1 aliphatic rings. The zero-order chi connectivity index (χ0) is 15.8. The van der Waals surface area contributed by atoms with E-state index in [0.29, 0.717) is 12.8 Å². The largest absolute Gasteiger partial charge is 0.420 e. The van der Waals surface area contributed by atoms with Crippen LogP contribution in [-0.2, 0) is 15.7 Å². The summed E-state index contributed by atoms with van der Waals surface area (Å²) in [5.41, 5.74) is -1.87. The van der Waals surface area contributed by atoms with Crippen molar-refractivity contribution < 1.29 is 27.4 Å². The highest BCUT2D eigenvalue weighted by molar-refractivity contribution is 5.94. The monoisotopic (exact) mass is 307 g/mol. The molecule has 1 saturated carbocycles. The summed E-state index contributed by atoms with van der Waals surface area (Å²) in [5, 5.41) is 8.14. The molecule has 2 N–H and O–H groups in total. The summed E-state index contributed by atoms with van der Waals surface area (Å²) in [6.45, 7) is 1.22. The molecule has 0 spiro atoms. The van der Waals surface area contributed by atoms with Crippen LogP contribution in [0.2, 0.25) is 0 Å². The van der Waals surface area contributed by atoms with E-state index in [1.165, 1.54) is 21.1 Å². The number of carbonyl (C=O) groups excluding carboxylic acids is 1. The Morgan fingerprint density at radius 1 is 1.38 bits per heavy atom. The summed E-state index contributed by atoms with van der Waals surface area (Å²) in [7, 11) is 2.95. The van der Waals surface area contributed by atoms with Crippen LogP contribution in [0.3, 0.4) is 0 Å². The molecule has 0 aromatic carbocycles. The highest BCUT2D eigenvalue weighted by atomic mass is 19.4. The lowest BCUT2D eigenvalue weighted by Crippen LogP contribution is -2.57. The standard InChI is InChI=1S/C12H16F3N3O3/c1-6-8(12(13,14)15)9(18-17-6)10(19)16-7-4-11(5-7,20-2)21-3/h7H,4-5H2,1-3H3,(H,16,19)(H,17,18). The number of carbonyl (C=O) groups is 1. The minimum absolute atomic E-state index is 0.190. The number of methoxy groups -OCH3 is 2. The number of halogens is 3. The first-order valence-corrected chi connectivity index (χ1v) is 6.26. The average Bonchev–Trinajstić information content (AvgIpc) is 2.75. The van der Waals surface area contributed by atoms with E-state index in [-0.39, 0.29) is 11.7 Å². The molecule has 0 aliphatic heterocycles. The van der Waals surface area contributed by atoms with Gasteiger partial charge in [-0.1, -0.05) is 0 Å². The van der Waals surface area contributed by atoms with Gasteiger partial charge in [-0.15, -0.1) is 0 Å². The number of nitrogens with zero attached hydrogens (tertiary/aromatic N) is 1. The van der Waals surface area contributed by atoms with Crippen LogP contribution in [0.25, 0.3) is 0 Å². The number of hydrogen-bond acceptors (Lipinski definition) is 4. The second-order valence-electron chi connectivity index (χ2n) is 4.97. The van der Waals surface area contributed by atoms with Gasteiger partial charge in [0.25, 0.3) is 5.91 Å². The first-order valence-electron chi connectivity index (χ1n) is 6.26. The fourth-order valence-corrected chi connectivity index (χ4v) is 2.40. The van der Waals surface area contributed by atoms with Crippen molar-refractivity contribution in [1.29, 1.82) is 0 Å². The first kappa shape index (κ1) is 15.8. The number of nitrogens with one attached hydrogen (secondary N) is 2. The van der Waals surface area contributed by atoms with Crippen molar-refractivity contribution in [2.45, 2.75) is 37.8 Å². The quantitative estimate of drug-likeness (QED) is 0.829. The molecule has 0 atom stereocenters. The molecule has 0 radical (unpaired) electrons. The van der Waals surface area contributed by atoms with Crippen LogP contribution >= 0.6 is 0 Å². The van der Waals surface area contributed by atoms with Gasteiger partial charge in [-0.05, 0) is 6.92 Å². The molecular weight excluding hydrogens is 291 g/mol. The maximum atomic E-state index is 12.9. The average molecular weight is 307 g/mol. The lowest BCUT2D eigenvalue weighted by molar-refractivity contribution is -0.258. The summed E-state index contributed by atoms with van der Waals surface area (Å²) >= 11 is 0. The molecule has 0 bridgehead atoms. The Morgan fingerprint density at radius 2 is 1.95 bits per heavy atom. The zero-order valence-corrected chi connectivity index (χ0v) is 11.8. The van der Waals surface area contributed by atoms with Crippen molar-refractivity contribution in [1.82, 2.24) is 15.5 Å². The van der Waals surface area contributed by atoms with Crippen LogP contribution in [0.1, 0.15) is 34.6 Å². The van der Waals surface area contributed by atoms with Gasteiger partial charge < -0.3 is 14.8 Å². The number of ether oxygens (including phenoxy) is 2. The number of amides is 1. The normalized spacial score (nSPS) is 18.4. The highest BCUT2D eigenvalue weighted by Crippen LogP contribution is 2.37. The van der Waals surface area contributed by atoms with Crippen LogP contribution in [0.4, 0.5) is 13.2 Å². The topological polar surface area (TPSA) is 76.2 Å². The van der Waals surface area contributed by atoms with Crippen molar-refractivity contribution in [3.8, 4) is 0 Å². The number of aromatic nitrogens is 2. The SMILES string of the molecule is COC1(OC)CC(NC(=O)c2n[nH]c(C)c2C(F)(F)F)C1. The summed E-state index contributed by atoms with van der Waals surface area (Å²) in [4.78, 5) is 11.9. The minimum Gasteiger partial charge on any atom is -0.353 e. The summed E-state index contributed by atoms with van der Waals surface area (Å²) in [6, 6.07) is -0.310. The predicted molar refractivity (Wildman–Crippen MR) is 65.6 cm³/mol. The van der Waals surface area contributed by atoms with E-state index in [4.69, 9.17) is 9.47 Å². The first-order chi connectivity index (χ1) is 9.72.